The summed E-state index contributed by atoms with van der Waals surface area (Å²) in [5.41, 5.74) is 5.95. The van der Waals surface area contributed by atoms with Crippen LogP contribution in [0.4, 0.5) is 16.2 Å². The molecule has 0 saturated carbocycles. The molecule has 1 saturated heterocycles. The molecule has 2 aromatic rings. The highest BCUT2D eigenvalue weighted by Crippen LogP contribution is 2.40. The number of anilines is 2. The van der Waals surface area contributed by atoms with Crippen LogP contribution in [0.1, 0.15) is 41.5 Å². The fourth-order valence-electron chi connectivity index (χ4n) is 4.55. The predicted octanol–water partition coefficient (Wildman–Crippen LogP) is 2.06. The zero-order chi connectivity index (χ0) is 21.6. The minimum Gasteiger partial charge on any atom is -0.376 e. The summed E-state index contributed by atoms with van der Waals surface area (Å²) in [6.07, 6.45) is 9.44. The van der Waals surface area contributed by atoms with E-state index in [1.54, 1.807) is 13.2 Å². The smallest absolute Gasteiger partial charge is 0.334 e. The van der Waals surface area contributed by atoms with Crippen molar-refractivity contribution in [2.75, 3.05) is 22.8 Å². The second-order valence-electron chi connectivity index (χ2n) is 8.48. The number of rotatable bonds is 6. The Morgan fingerprint density at radius 3 is 2.52 bits per heavy atom. The SMILES string of the molecule is Cn1cc(N(CC2CCCCO2)S(=O)(=O)NC(=O)Nc2c3c(cc4c2CC4)CC3)cn1. The first-order chi connectivity index (χ1) is 14.9. The molecule has 1 unspecified atom stereocenters. The third-order valence-corrected chi connectivity index (χ3v) is 7.77. The maximum Gasteiger partial charge on any atom is 0.334 e. The summed E-state index contributed by atoms with van der Waals surface area (Å²) in [5, 5.41) is 6.92. The van der Waals surface area contributed by atoms with Crippen LogP contribution in [0.2, 0.25) is 0 Å². The van der Waals surface area contributed by atoms with Gasteiger partial charge in [-0.15, -0.1) is 0 Å². The minimum absolute atomic E-state index is 0.129. The molecule has 0 radical (unpaired) electrons. The topological polar surface area (TPSA) is 106 Å². The molecule has 1 aromatic carbocycles. The Morgan fingerprint density at radius 2 is 1.97 bits per heavy atom. The quantitative estimate of drug-likeness (QED) is 0.708. The lowest BCUT2D eigenvalue weighted by atomic mass is 9.76. The number of hydrogen-bond acceptors (Lipinski definition) is 5. The van der Waals surface area contributed by atoms with Crippen LogP contribution in [0.3, 0.4) is 0 Å². The standard InChI is InChI=1S/C21H27N5O4S/c1-25-12-16(11-22-25)26(13-17-4-2-3-9-30-17)31(28,29)24-21(27)23-20-18-7-5-14(18)10-15-6-8-19(15)20/h10-12,17H,2-9,13H2,1H3,(H2,23,24,27). The zero-order valence-electron chi connectivity index (χ0n) is 17.6. The van der Waals surface area contributed by atoms with E-state index in [1.807, 2.05) is 0 Å². The average molecular weight is 446 g/mol. The maximum atomic E-state index is 13.2. The molecule has 1 aliphatic heterocycles. The largest absolute Gasteiger partial charge is 0.376 e. The summed E-state index contributed by atoms with van der Waals surface area (Å²) in [5.74, 6) is 0. The summed E-state index contributed by atoms with van der Waals surface area (Å²) in [6.45, 7) is 0.744. The van der Waals surface area contributed by atoms with Gasteiger partial charge in [0.2, 0.25) is 0 Å². The molecule has 3 aliphatic rings. The van der Waals surface area contributed by atoms with Gasteiger partial charge in [-0.25, -0.2) is 13.8 Å². The van der Waals surface area contributed by atoms with Crippen molar-refractivity contribution in [1.82, 2.24) is 14.5 Å². The Bertz CT molecular complexity index is 1090. The molecule has 0 bridgehead atoms. The fraction of sp³-hybridized carbons (Fsp3) is 0.524. The summed E-state index contributed by atoms with van der Waals surface area (Å²) < 4.78 is 37.1. The van der Waals surface area contributed by atoms with E-state index in [-0.39, 0.29) is 12.6 Å². The summed E-state index contributed by atoms with van der Waals surface area (Å²) >= 11 is 0. The molecule has 2 amide bonds. The van der Waals surface area contributed by atoms with Gasteiger partial charge in [-0.2, -0.15) is 13.5 Å². The molecule has 2 N–H and O–H groups in total. The molecule has 1 aromatic heterocycles. The maximum absolute atomic E-state index is 13.2. The number of nitrogens with one attached hydrogen (secondary N) is 2. The van der Waals surface area contributed by atoms with E-state index in [0.29, 0.717) is 12.3 Å². The Labute approximate surface area is 181 Å². The van der Waals surface area contributed by atoms with Gasteiger partial charge in [-0.1, -0.05) is 6.07 Å². The van der Waals surface area contributed by atoms with Gasteiger partial charge in [0.05, 0.1) is 24.5 Å². The van der Waals surface area contributed by atoms with Crippen LogP contribution < -0.4 is 14.3 Å². The number of urea groups is 1. The van der Waals surface area contributed by atoms with Gasteiger partial charge < -0.3 is 10.1 Å². The van der Waals surface area contributed by atoms with E-state index in [9.17, 15) is 13.2 Å². The third-order valence-electron chi connectivity index (χ3n) is 6.39. The van der Waals surface area contributed by atoms with Crippen molar-refractivity contribution >= 4 is 27.6 Å². The highest BCUT2D eigenvalue weighted by Gasteiger charge is 2.32. The number of hydrogen-bond donors (Lipinski definition) is 2. The summed E-state index contributed by atoms with van der Waals surface area (Å²) in [6, 6.07) is 1.47. The second kappa shape index (κ2) is 7.83. The number of fused-ring (bicyclic) bond motifs is 2. The van der Waals surface area contributed by atoms with Crippen molar-refractivity contribution in [3.05, 3.63) is 40.7 Å². The lowest BCUT2D eigenvalue weighted by molar-refractivity contribution is 0.0228. The van der Waals surface area contributed by atoms with Crippen LogP contribution in [0, 0.1) is 0 Å². The minimum atomic E-state index is -4.15. The van der Waals surface area contributed by atoms with Crippen LogP contribution in [-0.2, 0) is 47.7 Å². The number of carbonyl (C=O) groups is 1. The van der Waals surface area contributed by atoms with Crippen LogP contribution in [-0.4, -0.2) is 43.5 Å². The monoisotopic (exact) mass is 445 g/mol. The van der Waals surface area contributed by atoms with E-state index in [0.717, 1.165) is 61.8 Å². The number of amides is 2. The first-order valence-electron chi connectivity index (χ1n) is 10.8. The molecule has 0 spiro atoms. The molecular weight excluding hydrogens is 418 g/mol. The Morgan fingerprint density at radius 1 is 1.23 bits per heavy atom. The van der Waals surface area contributed by atoms with Gasteiger partial charge in [0.15, 0.2) is 0 Å². The van der Waals surface area contributed by atoms with Crippen LogP contribution in [0.5, 0.6) is 0 Å². The van der Waals surface area contributed by atoms with Gasteiger partial charge in [0.1, 0.15) is 0 Å². The molecule has 166 valence electrons. The molecule has 2 aliphatic carbocycles. The molecule has 2 heterocycles. The van der Waals surface area contributed by atoms with Crippen LogP contribution in [0.25, 0.3) is 0 Å². The van der Waals surface area contributed by atoms with Crippen molar-refractivity contribution in [3.8, 4) is 0 Å². The van der Waals surface area contributed by atoms with E-state index in [4.69, 9.17) is 4.74 Å². The first-order valence-corrected chi connectivity index (χ1v) is 12.2. The molecule has 1 atom stereocenters. The lowest BCUT2D eigenvalue weighted by Crippen LogP contribution is -2.48. The molecule has 10 heteroatoms. The van der Waals surface area contributed by atoms with Crippen molar-refractivity contribution in [2.45, 2.75) is 51.0 Å². The second-order valence-corrected chi connectivity index (χ2v) is 10.1. The van der Waals surface area contributed by atoms with Gasteiger partial charge in [0, 0.05) is 25.5 Å². The van der Waals surface area contributed by atoms with E-state index < -0.39 is 16.2 Å². The van der Waals surface area contributed by atoms with Crippen molar-refractivity contribution in [2.24, 2.45) is 7.05 Å². The summed E-state index contributed by atoms with van der Waals surface area (Å²) in [4.78, 5) is 12.8. The molecule has 9 nitrogen and oxygen atoms in total. The normalized spacial score (nSPS) is 19.5. The fourth-order valence-corrected chi connectivity index (χ4v) is 5.68. The van der Waals surface area contributed by atoms with E-state index in [2.05, 4.69) is 21.2 Å². The summed E-state index contributed by atoms with van der Waals surface area (Å²) in [7, 11) is -2.43. The number of ether oxygens (including phenoxy) is 1. The molecular formula is C21H27N5O4S. The lowest BCUT2D eigenvalue weighted by Gasteiger charge is -2.32. The highest BCUT2D eigenvalue weighted by atomic mass is 32.2. The highest BCUT2D eigenvalue weighted by molar-refractivity contribution is 7.91. The van der Waals surface area contributed by atoms with Crippen molar-refractivity contribution in [3.63, 3.8) is 0 Å². The number of nitrogens with zero attached hydrogens (tertiary/aromatic N) is 3. The Kier molecular flexibility index (Phi) is 5.13. The number of aryl methyl sites for hydroxylation is 3. The van der Waals surface area contributed by atoms with Gasteiger partial charge in [-0.3, -0.25) is 4.68 Å². The Hall–Kier alpha value is -2.59. The number of benzene rings is 1. The first kappa shape index (κ1) is 20.3. The van der Waals surface area contributed by atoms with Crippen LogP contribution >= 0.6 is 0 Å². The number of carbonyl (C=O) groups excluding carboxylic acids is 1. The average Bonchev–Trinajstić information content (AvgIpc) is 3.09. The molecule has 5 rings (SSSR count). The van der Waals surface area contributed by atoms with Gasteiger partial charge >= 0.3 is 16.2 Å². The molecule has 1 fully saturated rings. The number of aromatic nitrogens is 2. The van der Waals surface area contributed by atoms with E-state index in [1.165, 1.54) is 26.3 Å². The zero-order valence-corrected chi connectivity index (χ0v) is 18.4. The van der Waals surface area contributed by atoms with Crippen molar-refractivity contribution in [1.29, 1.82) is 0 Å². The van der Waals surface area contributed by atoms with Gasteiger partial charge in [-0.05, 0) is 67.2 Å². The van der Waals surface area contributed by atoms with Crippen LogP contribution in [0.15, 0.2) is 18.5 Å². The molecule has 31 heavy (non-hydrogen) atoms. The third kappa shape index (κ3) is 3.89. The Balaban J connectivity index is 1.35. The van der Waals surface area contributed by atoms with E-state index >= 15 is 0 Å². The predicted molar refractivity (Wildman–Crippen MR) is 116 cm³/mol. The van der Waals surface area contributed by atoms with Gasteiger partial charge in [0.25, 0.3) is 0 Å². The van der Waals surface area contributed by atoms with Crippen molar-refractivity contribution < 1.29 is 17.9 Å².